The maximum atomic E-state index is 14.3. The minimum Gasteiger partial charge on any atom is -0.489 e. The topological polar surface area (TPSA) is 86.7 Å². The van der Waals surface area contributed by atoms with Crippen molar-refractivity contribution in [2.45, 2.75) is 88.7 Å². The largest absolute Gasteiger partial charge is 0.489 e. The van der Waals surface area contributed by atoms with Crippen molar-refractivity contribution in [3.05, 3.63) is 239 Å². The first-order chi connectivity index (χ1) is 33.9. The molecular formula is C59H57F2NO7. The first-order valence-electron chi connectivity index (χ1n) is 23.7. The number of benzene rings is 7. The Labute approximate surface area is 403 Å². The molecule has 3 unspecified atom stereocenters. The van der Waals surface area contributed by atoms with Gasteiger partial charge in [-0.25, -0.2) is 8.78 Å². The Morgan fingerprint density at radius 1 is 0.551 bits per heavy atom. The van der Waals surface area contributed by atoms with Crippen LogP contribution in [0, 0.1) is 17.6 Å². The summed E-state index contributed by atoms with van der Waals surface area (Å²) in [4.78, 5) is 15.9. The smallest absolute Gasteiger partial charge is 0.233 e. The van der Waals surface area contributed by atoms with Gasteiger partial charge in [-0.15, -0.1) is 0 Å². The van der Waals surface area contributed by atoms with Crippen LogP contribution in [-0.4, -0.2) is 48.1 Å². The lowest BCUT2D eigenvalue weighted by Gasteiger charge is -2.48. The van der Waals surface area contributed by atoms with Gasteiger partial charge in [-0.2, -0.15) is 0 Å². The van der Waals surface area contributed by atoms with Gasteiger partial charge in [0.05, 0.1) is 44.5 Å². The number of rotatable bonds is 21. The molecule has 0 spiro atoms. The van der Waals surface area contributed by atoms with Crippen molar-refractivity contribution in [1.82, 2.24) is 0 Å². The molecule has 0 aliphatic carbocycles. The Morgan fingerprint density at radius 2 is 1.07 bits per heavy atom. The molecule has 1 amide bonds. The first kappa shape index (κ1) is 47.5. The molecule has 7 aromatic carbocycles. The van der Waals surface area contributed by atoms with Crippen molar-refractivity contribution in [2.75, 3.05) is 11.5 Å². The molecule has 1 N–H and O–H groups in total. The Bertz CT molecular complexity index is 2680. The number of anilines is 1. The number of nitrogens with zero attached hydrogens (tertiary/aromatic N) is 1. The van der Waals surface area contributed by atoms with E-state index in [-0.39, 0.29) is 38.2 Å². The van der Waals surface area contributed by atoms with E-state index < -0.39 is 48.3 Å². The fourth-order valence-electron chi connectivity index (χ4n) is 9.39. The molecule has 8 nitrogen and oxygen atoms in total. The molecule has 69 heavy (non-hydrogen) atoms. The van der Waals surface area contributed by atoms with Gasteiger partial charge in [0.15, 0.2) is 0 Å². The fraction of sp³-hybridized carbons (Fsp3) is 0.271. The van der Waals surface area contributed by atoms with Gasteiger partial charge >= 0.3 is 0 Å². The second-order valence-electron chi connectivity index (χ2n) is 17.8. The van der Waals surface area contributed by atoms with Gasteiger partial charge in [0, 0.05) is 17.7 Å². The average molecular weight is 930 g/mol. The number of hydrogen-bond acceptors (Lipinski definition) is 7. The normalized spacial score (nSPS) is 21.2. The Morgan fingerprint density at radius 3 is 1.67 bits per heavy atom. The van der Waals surface area contributed by atoms with E-state index in [0.717, 1.165) is 38.9 Å². The minimum atomic E-state index is -1.08. The third-order valence-electron chi connectivity index (χ3n) is 13.0. The lowest BCUT2D eigenvalue weighted by Crippen LogP contribution is -2.60. The lowest BCUT2D eigenvalue weighted by atomic mass is 9.77. The van der Waals surface area contributed by atoms with Gasteiger partial charge < -0.3 is 33.7 Å². The summed E-state index contributed by atoms with van der Waals surface area (Å²) in [7, 11) is 0. The molecule has 2 fully saturated rings. The monoisotopic (exact) mass is 929 g/mol. The number of hydrogen-bond donors (Lipinski definition) is 1. The SMILES string of the molecule is O=C1[C@H](CCCc2ccc(F)cc2)[C@@H](c2ccc(C[C@@H]3OC(COCc4ccccc4)[C@@H](O)C(OCc4ccccc4)C3OCc3ccccc3)cc2OCc2ccccc2)N1c1ccc(F)cc1. The fourth-order valence-corrected chi connectivity index (χ4v) is 9.39. The van der Waals surface area contributed by atoms with E-state index in [1.165, 1.54) is 24.3 Å². The summed E-state index contributed by atoms with van der Waals surface area (Å²) in [5, 5.41) is 12.1. The molecule has 7 atom stereocenters. The van der Waals surface area contributed by atoms with E-state index in [2.05, 4.69) is 0 Å². The second kappa shape index (κ2) is 23.2. The highest BCUT2D eigenvalue weighted by Crippen LogP contribution is 2.49. The summed E-state index contributed by atoms with van der Waals surface area (Å²) < 4.78 is 61.3. The predicted molar refractivity (Wildman–Crippen MR) is 261 cm³/mol. The molecule has 10 heteroatoms. The van der Waals surface area contributed by atoms with Gasteiger partial charge in [0.25, 0.3) is 0 Å². The van der Waals surface area contributed by atoms with Crippen LogP contribution in [0.1, 0.15) is 57.8 Å². The Balaban J connectivity index is 1.04. The van der Waals surface area contributed by atoms with Crippen molar-refractivity contribution >= 4 is 11.6 Å². The van der Waals surface area contributed by atoms with Gasteiger partial charge in [0.2, 0.25) is 5.91 Å². The van der Waals surface area contributed by atoms with Crippen LogP contribution in [0.2, 0.25) is 0 Å². The van der Waals surface area contributed by atoms with Crippen LogP contribution in [0.4, 0.5) is 14.5 Å². The zero-order valence-corrected chi connectivity index (χ0v) is 38.4. The predicted octanol–water partition coefficient (Wildman–Crippen LogP) is 11.3. The zero-order valence-electron chi connectivity index (χ0n) is 38.4. The highest BCUT2D eigenvalue weighted by Gasteiger charge is 2.50. The maximum absolute atomic E-state index is 14.3. The summed E-state index contributed by atoms with van der Waals surface area (Å²) in [6, 6.07) is 57.7. The molecule has 9 rings (SSSR count). The Hall–Kier alpha value is -6.53. The third-order valence-corrected chi connectivity index (χ3v) is 13.0. The van der Waals surface area contributed by atoms with Crippen LogP contribution in [0.5, 0.6) is 5.75 Å². The van der Waals surface area contributed by atoms with E-state index in [0.29, 0.717) is 43.7 Å². The number of β-lactam (4-membered cyclic amide) rings is 1. The van der Waals surface area contributed by atoms with Gasteiger partial charge in [-0.05, 0) is 95.1 Å². The van der Waals surface area contributed by atoms with Crippen LogP contribution in [0.25, 0.3) is 0 Å². The highest BCUT2D eigenvalue weighted by atomic mass is 19.1. The van der Waals surface area contributed by atoms with Gasteiger partial charge in [0.1, 0.15) is 48.4 Å². The number of carbonyl (C=O) groups is 1. The molecule has 0 saturated carbocycles. The summed E-state index contributed by atoms with van der Waals surface area (Å²) in [5.74, 6) is -0.531. The molecule has 0 bridgehead atoms. The number of halogens is 2. The molecule has 354 valence electrons. The molecular weight excluding hydrogens is 873 g/mol. The number of aliphatic hydroxyl groups excluding tert-OH is 1. The van der Waals surface area contributed by atoms with Gasteiger partial charge in [-0.1, -0.05) is 146 Å². The first-order valence-corrected chi connectivity index (χ1v) is 23.7. The number of ether oxygens (including phenoxy) is 5. The van der Waals surface area contributed by atoms with E-state index in [1.807, 2.05) is 140 Å². The summed E-state index contributed by atoms with van der Waals surface area (Å²) in [6.45, 7) is 1.25. The number of carbonyl (C=O) groups excluding carboxylic acids is 1. The molecule has 0 radical (unpaired) electrons. The van der Waals surface area contributed by atoms with Crippen molar-refractivity contribution < 1.29 is 42.4 Å². The molecule has 0 aromatic heterocycles. The molecule has 2 aliphatic rings. The van der Waals surface area contributed by atoms with Crippen molar-refractivity contribution in [3.63, 3.8) is 0 Å². The Kier molecular flexibility index (Phi) is 16.0. The van der Waals surface area contributed by atoms with E-state index >= 15 is 0 Å². The summed E-state index contributed by atoms with van der Waals surface area (Å²) in [6.07, 6.45) is -1.59. The maximum Gasteiger partial charge on any atom is 0.233 e. The number of amides is 1. The van der Waals surface area contributed by atoms with Crippen LogP contribution in [0.3, 0.4) is 0 Å². The summed E-state index contributed by atoms with van der Waals surface area (Å²) in [5.41, 5.74) is 7.19. The lowest BCUT2D eigenvalue weighted by molar-refractivity contribution is -0.260. The van der Waals surface area contributed by atoms with E-state index in [9.17, 15) is 18.7 Å². The van der Waals surface area contributed by atoms with Crippen molar-refractivity contribution in [1.29, 1.82) is 0 Å². The van der Waals surface area contributed by atoms with Crippen LogP contribution >= 0.6 is 0 Å². The van der Waals surface area contributed by atoms with Crippen molar-refractivity contribution in [2.24, 2.45) is 5.92 Å². The molecule has 2 heterocycles. The molecule has 7 aromatic rings. The highest BCUT2D eigenvalue weighted by molar-refractivity contribution is 6.03. The molecule has 2 saturated heterocycles. The number of aryl methyl sites for hydroxylation is 1. The minimum absolute atomic E-state index is 0.0570. The van der Waals surface area contributed by atoms with Crippen LogP contribution < -0.4 is 9.64 Å². The zero-order chi connectivity index (χ0) is 47.4. The summed E-state index contributed by atoms with van der Waals surface area (Å²) >= 11 is 0. The molecule has 2 aliphatic heterocycles. The van der Waals surface area contributed by atoms with Crippen molar-refractivity contribution in [3.8, 4) is 5.75 Å². The van der Waals surface area contributed by atoms with Crippen LogP contribution in [-0.2, 0) is 63.0 Å². The van der Waals surface area contributed by atoms with E-state index in [1.54, 1.807) is 29.2 Å². The average Bonchev–Trinajstić information content (AvgIpc) is 3.38. The number of aliphatic hydroxyl groups is 1. The third kappa shape index (κ3) is 12.2. The standard InChI is InChI=1S/C59H57F2NO7/c60-47-27-24-41(25-28-47)22-13-23-51-55(62(59(51)64)49-31-29-48(61)30-32-49)50-33-26-46(34-52(50)66-37-43-16-7-2-8-17-43)35-53-57(67-38-44-18-9-3-10-19-44)58(68-39-45-20-11-4-12-21-45)56(63)54(69-53)40-65-36-42-14-5-1-6-15-42/h1-12,14-21,24-34,51,53-58,63H,13,22-23,35-40H2/t51-,53+,54?,55-,56-,57?,58?/m1/s1. The van der Waals surface area contributed by atoms with Gasteiger partial charge in [-0.3, -0.25) is 4.79 Å². The van der Waals surface area contributed by atoms with Crippen LogP contribution in [0.15, 0.2) is 188 Å². The quantitative estimate of drug-likeness (QED) is 0.0718. The van der Waals surface area contributed by atoms with E-state index in [4.69, 9.17) is 23.7 Å². The second-order valence-corrected chi connectivity index (χ2v) is 17.8.